The van der Waals surface area contributed by atoms with Crippen molar-refractivity contribution in [2.75, 3.05) is 6.54 Å². The minimum atomic E-state index is -0.820. The van der Waals surface area contributed by atoms with E-state index in [0.29, 0.717) is 32.2 Å². The monoisotopic (exact) mass is 631 g/mol. The van der Waals surface area contributed by atoms with Gasteiger partial charge in [0, 0.05) is 36.0 Å². The number of hydrogen-bond donors (Lipinski definition) is 3. The van der Waals surface area contributed by atoms with Gasteiger partial charge in [-0.15, -0.1) is 0 Å². The number of ether oxygens (including phenoxy) is 1. The summed E-state index contributed by atoms with van der Waals surface area (Å²) in [6.07, 6.45) is 4.77. The SMILES string of the molecule is CC(C)(C)OC(=O)C[C@@H](CCCc1ccc2ccccc2c1)C(=O)N[C@@H](Cc1c[nH]c2ccccc12)C(=O)NCCc1ccccc1. The first kappa shape index (κ1) is 33.5. The molecule has 0 saturated heterocycles. The molecule has 244 valence electrons. The predicted molar refractivity (Wildman–Crippen MR) is 188 cm³/mol. The lowest BCUT2D eigenvalue weighted by atomic mass is 9.94. The fourth-order valence-corrected chi connectivity index (χ4v) is 5.97. The van der Waals surface area contributed by atoms with E-state index in [2.05, 4.69) is 45.9 Å². The number of aryl methyl sites for hydroxylation is 1. The molecule has 4 aromatic carbocycles. The first-order valence-corrected chi connectivity index (χ1v) is 16.5. The van der Waals surface area contributed by atoms with Gasteiger partial charge in [-0.25, -0.2) is 0 Å². The smallest absolute Gasteiger partial charge is 0.307 e. The first-order valence-electron chi connectivity index (χ1n) is 16.5. The Morgan fingerprint density at radius 2 is 1.51 bits per heavy atom. The lowest BCUT2D eigenvalue weighted by molar-refractivity contribution is -0.157. The Morgan fingerprint density at radius 1 is 0.787 bits per heavy atom. The van der Waals surface area contributed by atoms with Gasteiger partial charge in [0.2, 0.25) is 11.8 Å². The van der Waals surface area contributed by atoms with Gasteiger partial charge in [-0.3, -0.25) is 14.4 Å². The molecule has 2 atom stereocenters. The van der Waals surface area contributed by atoms with E-state index in [1.807, 2.05) is 93.7 Å². The van der Waals surface area contributed by atoms with Crippen LogP contribution in [0, 0.1) is 5.92 Å². The molecule has 2 amide bonds. The molecule has 0 aliphatic heterocycles. The van der Waals surface area contributed by atoms with Crippen LogP contribution in [0.3, 0.4) is 0 Å². The molecule has 0 fully saturated rings. The lowest BCUT2D eigenvalue weighted by Gasteiger charge is -2.24. The molecule has 3 N–H and O–H groups in total. The minimum Gasteiger partial charge on any atom is -0.460 e. The molecule has 0 aliphatic carbocycles. The summed E-state index contributed by atoms with van der Waals surface area (Å²) in [6, 6.07) is 31.7. The van der Waals surface area contributed by atoms with Crippen LogP contribution in [-0.4, -0.2) is 41.0 Å². The molecule has 0 radical (unpaired) electrons. The summed E-state index contributed by atoms with van der Waals surface area (Å²) in [7, 11) is 0. The summed E-state index contributed by atoms with van der Waals surface area (Å²) in [4.78, 5) is 43.8. The number of esters is 1. The number of benzene rings is 4. The van der Waals surface area contributed by atoms with Crippen molar-refractivity contribution >= 4 is 39.5 Å². The van der Waals surface area contributed by atoms with Gasteiger partial charge in [-0.2, -0.15) is 0 Å². The van der Waals surface area contributed by atoms with Crippen molar-refractivity contribution in [1.29, 1.82) is 0 Å². The Bertz CT molecular complexity index is 1800. The Balaban J connectivity index is 1.30. The van der Waals surface area contributed by atoms with E-state index < -0.39 is 23.5 Å². The van der Waals surface area contributed by atoms with Gasteiger partial charge >= 0.3 is 5.97 Å². The number of para-hydroxylation sites is 1. The van der Waals surface area contributed by atoms with Gasteiger partial charge in [0.1, 0.15) is 11.6 Å². The number of carbonyl (C=O) groups excluding carboxylic acids is 3. The number of H-pyrrole nitrogens is 1. The molecule has 0 saturated carbocycles. The number of rotatable bonds is 14. The number of amides is 2. The molecule has 1 aromatic heterocycles. The van der Waals surface area contributed by atoms with Crippen molar-refractivity contribution in [3.63, 3.8) is 0 Å². The van der Waals surface area contributed by atoms with Crippen molar-refractivity contribution in [3.05, 3.63) is 120 Å². The molecular formula is C40H45N3O4. The minimum absolute atomic E-state index is 0.0593. The van der Waals surface area contributed by atoms with E-state index in [0.717, 1.165) is 28.5 Å². The maximum absolute atomic E-state index is 14.0. The molecule has 5 rings (SSSR count). The molecule has 5 aromatic rings. The fraction of sp³-hybridized carbons (Fsp3) is 0.325. The quantitative estimate of drug-likeness (QED) is 0.114. The van der Waals surface area contributed by atoms with E-state index in [-0.39, 0.29) is 18.2 Å². The van der Waals surface area contributed by atoms with Crippen LogP contribution in [0.15, 0.2) is 103 Å². The molecule has 7 nitrogen and oxygen atoms in total. The van der Waals surface area contributed by atoms with Gasteiger partial charge in [0.05, 0.1) is 6.42 Å². The molecule has 0 bridgehead atoms. The Labute approximate surface area is 277 Å². The second-order valence-corrected chi connectivity index (χ2v) is 13.2. The van der Waals surface area contributed by atoms with Gasteiger partial charge in [-0.05, 0) is 80.0 Å². The Morgan fingerprint density at radius 3 is 2.30 bits per heavy atom. The Kier molecular flexibility index (Phi) is 11.1. The molecule has 0 aliphatic rings. The molecular weight excluding hydrogens is 586 g/mol. The first-order chi connectivity index (χ1) is 22.6. The van der Waals surface area contributed by atoms with Crippen LogP contribution < -0.4 is 10.6 Å². The largest absolute Gasteiger partial charge is 0.460 e. The highest BCUT2D eigenvalue weighted by Gasteiger charge is 2.29. The fourth-order valence-electron chi connectivity index (χ4n) is 5.97. The Hall–Kier alpha value is -4.91. The molecule has 0 unspecified atom stereocenters. The number of aromatic nitrogens is 1. The summed E-state index contributed by atoms with van der Waals surface area (Å²) in [5.41, 5.74) is 3.53. The zero-order valence-corrected chi connectivity index (χ0v) is 27.6. The van der Waals surface area contributed by atoms with Crippen LogP contribution in [0.4, 0.5) is 0 Å². The van der Waals surface area contributed by atoms with Crippen molar-refractivity contribution in [2.24, 2.45) is 5.92 Å². The van der Waals surface area contributed by atoms with Gasteiger partial charge < -0.3 is 20.4 Å². The van der Waals surface area contributed by atoms with Crippen LogP contribution in [0.2, 0.25) is 0 Å². The van der Waals surface area contributed by atoms with E-state index >= 15 is 0 Å². The van der Waals surface area contributed by atoms with Crippen molar-refractivity contribution in [2.45, 2.75) is 70.9 Å². The second-order valence-electron chi connectivity index (χ2n) is 13.2. The predicted octanol–water partition coefficient (Wildman–Crippen LogP) is 7.08. The number of nitrogens with one attached hydrogen (secondary N) is 3. The van der Waals surface area contributed by atoms with Gasteiger partial charge in [0.25, 0.3) is 0 Å². The maximum Gasteiger partial charge on any atom is 0.307 e. The lowest BCUT2D eigenvalue weighted by Crippen LogP contribution is -2.50. The summed E-state index contributed by atoms with van der Waals surface area (Å²) in [6.45, 7) is 5.89. The molecule has 47 heavy (non-hydrogen) atoms. The standard InChI is InChI=1S/C40H45N3O4/c1-40(2,3)47-37(44)26-32(17-11-14-29-20-21-30-15-7-8-16-31(30)24-29)38(45)43-36(25-33-27-42-35-19-10-9-18-34(33)35)39(46)41-23-22-28-12-5-4-6-13-28/h4-10,12-13,15-16,18-21,24,27,32,36,42H,11,14,17,22-23,25-26H2,1-3H3,(H,41,46)(H,43,45)/t32-,36+/m1/s1. The molecule has 0 spiro atoms. The molecule has 7 heteroatoms. The summed E-state index contributed by atoms with van der Waals surface area (Å²) < 4.78 is 5.61. The summed E-state index contributed by atoms with van der Waals surface area (Å²) in [5, 5.41) is 9.43. The number of aromatic amines is 1. The average Bonchev–Trinajstić information content (AvgIpc) is 3.46. The van der Waals surface area contributed by atoms with Crippen LogP contribution in [-0.2, 0) is 38.4 Å². The van der Waals surface area contributed by atoms with E-state index in [1.54, 1.807) is 0 Å². The maximum atomic E-state index is 14.0. The van der Waals surface area contributed by atoms with Crippen molar-refractivity contribution in [1.82, 2.24) is 15.6 Å². The molecule has 1 heterocycles. The van der Waals surface area contributed by atoms with Crippen molar-refractivity contribution in [3.8, 4) is 0 Å². The highest BCUT2D eigenvalue weighted by atomic mass is 16.6. The van der Waals surface area contributed by atoms with Crippen LogP contribution in [0.25, 0.3) is 21.7 Å². The van der Waals surface area contributed by atoms with E-state index in [4.69, 9.17) is 4.74 Å². The van der Waals surface area contributed by atoms with E-state index in [1.165, 1.54) is 16.3 Å². The third kappa shape index (κ3) is 9.79. The highest BCUT2D eigenvalue weighted by molar-refractivity contribution is 5.91. The normalized spacial score (nSPS) is 12.8. The average molecular weight is 632 g/mol. The summed E-state index contributed by atoms with van der Waals surface area (Å²) >= 11 is 0. The van der Waals surface area contributed by atoms with Gasteiger partial charge in [-0.1, -0.05) is 91.0 Å². The highest BCUT2D eigenvalue weighted by Crippen LogP contribution is 2.23. The zero-order valence-electron chi connectivity index (χ0n) is 27.6. The van der Waals surface area contributed by atoms with Crippen LogP contribution in [0.1, 0.15) is 56.7 Å². The zero-order chi connectivity index (χ0) is 33.2. The third-order valence-corrected chi connectivity index (χ3v) is 8.32. The number of carbonyl (C=O) groups is 3. The number of fused-ring (bicyclic) bond motifs is 2. The van der Waals surface area contributed by atoms with Gasteiger partial charge in [0.15, 0.2) is 0 Å². The van der Waals surface area contributed by atoms with Crippen molar-refractivity contribution < 1.29 is 19.1 Å². The van der Waals surface area contributed by atoms with Crippen LogP contribution >= 0.6 is 0 Å². The second kappa shape index (κ2) is 15.6. The van der Waals surface area contributed by atoms with E-state index in [9.17, 15) is 14.4 Å². The third-order valence-electron chi connectivity index (χ3n) is 8.32. The summed E-state index contributed by atoms with van der Waals surface area (Å²) in [5.74, 6) is -1.65. The topological polar surface area (TPSA) is 100 Å². The number of hydrogen-bond acceptors (Lipinski definition) is 4. The van der Waals surface area contributed by atoms with Crippen LogP contribution in [0.5, 0.6) is 0 Å².